The zero-order chi connectivity index (χ0) is 21.3. The van der Waals surface area contributed by atoms with Crippen molar-refractivity contribution in [3.63, 3.8) is 0 Å². The number of hydrogen-bond acceptors (Lipinski definition) is 5. The first kappa shape index (κ1) is 21.4. The molecule has 0 aromatic heterocycles. The second-order valence-corrected chi connectivity index (χ2v) is 7.36. The summed E-state index contributed by atoms with van der Waals surface area (Å²) in [6, 6.07) is 7.49. The van der Waals surface area contributed by atoms with Gasteiger partial charge in [-0.15, -0.1) is 0 Å². The van der Waals surface area contributed by atoms with Crippen molar-refractivity contribution >= 4 is 75.8 Å². The number of hydrogen-bond donors (Lipinski definition) is 1. The number of fused-ring (bicyclic) bond motifs is 1. The molecule has 11 heteroatoms. The average Bonchev–Trinajstić information content (AvgIpc) is 2.93. The Balaban J connectivity index is 1.59. The van der Waals surface area contributed by atoms with Crippen LogP contribution in [0.5, 0.6) is 0 Å². The Hall–Kier alpha value is -2.32. The van der Waals surface area contributed by atoms with Crippen molar-refractivity contribution in [1.29, 1.82) is 0 Å². The number of nitrogens with zero attached hydrogens (tertiary/aromatic N) is 1. The smallest absolute Gasteiger partial charge is 0.326 e. The molecule has 29 heavy (non-hydrogen) atoms. The second-order valence-electron chi connectivity index (χ2n) is 5.79. The van der Waals surface area contributed by atoms with Gasteiger partial charge < -0.3 is 10.1 Å². The maximum Gasteiger partial charge on any atom is 0.326 e. The normalized spacial score (nSPS) is 12.8. The lowest BCUT2D eigenvalue weighted by Gasteiger charge is -2.14. The standard InChI is InChI=1S/C18H10Cl4N2O5/c19-10-5-11(20)15(22)16(14(10)21)23-12(25)7-29-13(26)6-24-17(27)8-3-1-2-4-9(8)18(24)28/h1-5H,6-7H2,(H,23,25). The summed E-state index contributed by atoms with van der Waals surface area (Å²) in [7, 11) is 0. The fourth-order valence-electron chi connectivity index (χ4n) is 2.56. The summed E-state index contributed by atoms with van der Waals surface area (Å²) in [5, 5.41) is 2.41. The number of amides is 3. The van der Waals surface area contributed by atoms with E-state index in [1.54, 1.807) is 12.1 Å². The molecule has 0 radical (unpaired) electrons. The summed E-state index contributed by atoms with van der Waals surface area (Å²) in [4.78, 5) is 49.2. The third-order valence-electron chi connectivity index (χ3n) is 3.91. The predicted octanol–water partition coefficient (Wildman–Crippen LogP) is 4.08. The molecule has 0 saturated heterocycles. The second kappa shape index (κ2) is 8.59. The van der Waals surface area contributed by atoms with Gasteiger partial charge in [-0.1, -0.05) is 58.5 Å². The number of benzene rings is 2. The molecule has 2 aromatic carbocycles. The lowest BCUT2D eigenvalue weighted by atomic mass is 10.1. The van der Waals surface area contributed by atoms with E-state index in [4.69, 9.17) is 51.1 Å². The fraction of sp³-hybridized carbons (Fsp3) is 0.111. The molecule has 3 rings (SSSR count). The van der Waals surface area contributed by atoms with Gasteiger partial charge in [0.2, 0.25) is 0 Å². The van der Waals surface area contributed by atoms with Crippen molar-refractivity contribution in [2.75, 3.05) is 18.5 Å². The number of nitrogens with one attached hydrogen (secondary N) is 1. The van der Waals surface area contributed by atoms with Crippen molar-refractivity contribution in [2.24, 2.45) is 0 Å². The van der Waals surface area contributed by atoms with Crippen molar-refractivity contribution in [1.82, 2.24) is 4.90 Å². The van der Waals surface area contributed by atoms with E-state index in [1.807, 2.05) is 0 Å². The van der Waals surface area contributed by atoms with Gasteiger partial charge in [0, 0.05) is 0 Å². The van der Waals surface area contributed by atoms with E-state index in [1.165, 1.54) is 18.2 Å². The molecule has 2 aromatic rings. The minimum atomic E-state index is -0.948. The van der Waals surface area contributed by atoms with Crippen molar-refractivity contribution in [3.8, 4) is 0 Å². The molecule has 1 N–H and O–H groups in total. The van der Waals surface area contributed by atoms with E-state index in [0.717, 1.165) is 4.90 Å². The highest BCUT2D eigenvalue weighted by molar-refractivity contribution is 6.50. The topological polar surface area (TPSA) is 92.8 Å². The van der Waals surface area contributed by atoms with Crippen molar-refractivity contribution < 1.29 is 23.9 Å². The Bertz CT molecular complexity index is 996. The van der Waals surface area contributed by atoms with E-state index in [2.05, 4.69) is 5.32 Å². The monoisotopic (exact) mass is 474 g/mol. The van der Waals surface area contributed by atoms with Gasteiger partial charge in [0.25, 0.3) is 17.7 Å². The first-order valence-electron chi connectivity index (χ1n) is 7.94. The van der Waals surface area contributed by atoms with E-state index < -0.39 is 36.8 Å². The number of carbonyl (C=O) groups excluding carboxylic acids is 4. The zero-order valence-corrected chi connectivity index (χ0v) is 17.3. The molecule has 1 heterocycles. The third-order valence-corrected chi connectivity index (χ3v) is 5.48. The number of esters is 1. The molecule has 1 aliphatic rings. The van der Waals surface area contributed by atoms with Crippen LogP contribution < -0.4 is 5.32 Å². The van der Waals surface area contributed by atoms with Crippen LogP contribution >= 0.6 is 46.4 Å². The van der Waals surface area contributed by atoms with Crippen LogP contribution in [0, 0.1) is 0 Å². The molecule has 0 saturated carbocycles. The van der Waals surface area contributed by atoms with Gasteiger partial charge in [-0.05, 0) is 18.2 Å². The van der Waals surface area contributed by atoms with Crippen molar-refractivity contribution in [2.45, 2.75) is 0 Å². The number of ether oxygens (including phenoxy) is 1. The lowest BCUT2D eigenvalue weighted by molar-refractivity contribution is -0.147. The summed E-state index contributed by atoms with van der Waals surface area (Å²) in [5.41, 5.74) is 0.363. The van der Waals surface area contributed by atoms with Gasteiger partial charge in [0.15, 0.2) is 6.61 Å². The van der Waals surface area contributed by atoms with Crippen LogP contribution in [0.25, 0.3) is 0 Å². The highest BCUT2D eigenvalue weighted by atomic mass is 35.5. The first-order valence-corrected chi connectivity index (χ1v) is 9.45. The third kappa shape index (κ3) is 4.33. The van der Waals surface area contributed by atoms with Gasteiger partial charge in [0.05, 0.1) is 36.9 Å². The predicted molar refractivity (Wildman–Crippen MR) is 108 cm³/mol. The van der Waals surface area contributed by atoms with Crippen LogP contribution in [0.4, 0.5) is 5.69 Å². The average molecular weight is 476 g/mol. The van der Waals surface area contributed by atoms with E-state index in [9.17, 15) is 19.2 Å². The molecule has 150 valence electrons. The zero-order valence-electron chi connectivity index (χ0n) is 14.3. The number of imide groups is 1. The molecule has 7 nitrogen and oxygen atoms in total. The molecule has 3 amide bonds. The number of carbonyl (C=O) groups is 4. The van der Waals surface area contributed by atoms with E-state index in [0.29, 0.717) is 0 Å². The largest absolute Gasteiger partial charge is 0.454 e. The maximum atomic E-state index is 12.2. The Morgan fingerprint density at radius 2 is 1.45 bits per heavy atom. The SMILES string of the molecule is O=C(COC(=O)CN1C(=O)c2ccccc2C1=O)Nc1c(Cl)c(Cl)cc(Cl)c1Cl. The van der Waals surface area contributed by atoms with Gasteiger partial charge in [-0.2, -0.15) is 0 Å². The number of halogens is 4. The molecule has 0 unspecified atom stereocenters. The highest BCUT2D eigenvalue weighted by Gasteiger charge is 2.36. The highest BCUT2D eigenvalue weighted by Crippen LogP contribution is 2.40. The summed E-state index contributed by atoms with van der Waals surface area (Å²) in [6.07, 6.45) is 0. The fourth-order valence-corrected chi connectivity index (χ4v) is 3.47. The van der Waals surface area contributed by atoms with Crippen molar-refractivity contribution in [3.05, 3.63) is 61.5 Å². The number of anilines is 1. The van der Waals surface area contributed by atoms with Gasteiger partial charge >= 0.3 is 5.97 Å². The van der Waals surface area contributed by atoms with E-state index in [-0.39, 0.29) is 36.9 Å². The molecule has 1 aliphatic heterocycles. The quantitative estimate of drug-likeness (QED) is 0.399. The van der Waals surface area contributed by atoms with Crippen LogP contribution in [-0.2, 0) is 14.3 Å². The van der Waals surface area contributed by atoms with Gasteiger partial charge in [-0.25, -0.2) is 0 Å². The molecule has 0 bridgehead atoms. The Morgan fingerprint density at radius 1 is 0.931 bits per heavy atom. The summed E-state index contributed by atoms with van der Waals surface area (Å²) in [6.45, 7) is -1.34. The Labute approximate surface area is 184 Å². The minimum absolute atomic E-state index is 0.0350. The molecule has 0 aliphatic carbocycles. The van der Waals surface area contributed by atoms with Crippen LogP contribution in [0.2, 0.25) is 20.1 Å². The maximum absolute atomic E-state index is 12.2. The van der Waals surface area contributed by atoms with E-state index >= 15 is 0 Å². The van der Waals surface area contributed by atoms with Crippen LogP contribution in [0.15, 0.2) is 30.3 Å². The molecule has 0 atom stereocenters. The van der Waals surface area contributed by atoms with Crippen LogP contribution in [0.1, 0.15) is 20.7 Å². The molecule has 0 spiro atoms. The first-order chi connectivity index (χ1) is 13.7. The molecule has 0 fully saturated rings. The summed E-state index contributed by atoms with van der Waals surface area (Å²) < 4.78 is 4.82. The Kier molecular flexibility index (Phi) is 6.33. The van der Waals surface area contributed by atoms with Gasteiger partial charge in [-0.3, -0.25) is 24.1 Å². The number of rotatable bonds is 5. The molecular formula is C18H10Cl4N2O5. The van der Waals surface area contributed by atoms with Crippen LogP contribution in [-0.4, -0.2) is 41.7 Å². The Morgan fingerprint density at radius 3 is 1.97 bits per heavy atom. The molecular weight excluding hydrogens is 466 g/mol. The lowest BCUT2D eigenvalue weighted by Crippen LogP contribution is -2.36. The van der Waals surface area contributed by atoms with Crippen LogP contribution in [0.3, 0.4) is 0 Å². The van der Waals surface area contributed by atoms with Gasteiger partial charge in [0.1, 0.15) is 6.54 Å². The summed E-state index contributed by atoms with van der Waals surface area (Å²) in [5.74, 6) is -2.95. The minimum Gasteiger partial charge on any atom is -0.454 e. The summed E-state index contributed by atoms with van der Waals surface area (Å²) >= 11 is 23.7.